The van der Waals surface area contributed by atoms with Gasteiger partial charge in [0.1, 0.15) is 12.4 Å². The molecular weight excluding hydrogens is 254 g/mol. The van der Waals surface area contributed by atoms with Gasteiger partial charge in [0.2, 0.25) is 5.91 Å². The number of benzene rings is 1. The highest BCUT2D eigenvalue weighted by Gasteiger charge is 2.19. The first kappa shape index (κ1) is 14.7. The van der Waals surface area contributed by atoms with E-state index in [0.29, 0.717) is 18.3 Å². The Hall–Kier alpha value is -1.75. The standard InChI is InChI=1S/C15H23N3O2/c1-12(19)17-13-6-8-18(9-7-13)10-11-20-15-5-3-2-4-14(15)16/h2-5,13H,6-11,16H2,1H3,(H,17,19). The summed E-state index contributed by atoms with van der Waals surface area (Å²) < 4.78 is 5.69. The lowest BCUT2D eigenvalue weighted by atomic mass is 10.1. The molecular formula is C15H23N3O2. The first-order valence-corrected chi connectivity index (χ1v) is 7.12. The van der Waals surface area contributed by atoms with Gasteiger partial charge in [0.15, 0.2) is 0 Å². The summed E-state index contributed by atoms with van der Waals surface area (Å²) >= 11 is 0. The van der Waals surface area contributed by atoms with Crippen LogP contribution in [0.3, 0.4) is 0 Å². The van der Waals surface area contributed by atoms with Gasteiger partial charge < -0.3 is 15.8 Å². The Balaban J connectivity index is 1.66. The van der Waals surface area contributed by atoms with E-state index in [4.69, 9.17) is 10.5 Å². The van der Waals surface area contributed by atoms with Gasteiger partial charge in [0.05, 0.1) is 5.69 Å². The fourth-order valence-electron chi connectivity index (χ4n) is 2.49. The molecule has 1 aliphatic heterocycles. The zero-order valence-electron chi connectivity index (χ0n) is 12.0. The quantitative estimate of drug-likeness (QED) is 0.795. The molecule has 5 heteroatoms. The molecule has 2 rings (SSSR count). The molecule has 0 spiro atoms. The minimum absolute atomic E-state index is 0.0614. The molecule has 0 bridgehead atoms. The Morgan fingerprint density at radius 2 is 2.10 bits per heavy atom. The number of likely N-dealkylation sites (tertiary alicyclic amines) is 1. The highest BCUT2D eigenvalue weighted by molar-refractivity contribution is 5.73. The molecule has 0 saturated carbocycles. The molecule has 1 fully saturated rings. The number of nitrogens with one attached hydrogen (secondary N) is 1. The van der Waals surface area contributed by atoms with E-state index in [0.717, 1.165) is 38.2 Å². The van der Waals surface area contributed by atoms with Gasteiger partial charge in [-0.2, -0.15) is 0 Å². The number of hydrogen-bond donors (Lipinski definition) is 2. The highest BCUT2D eigenvalue weighted by atomic mass is 16.5. The van der Waals surface area contributed by atoms with Crippen molar-refractivity contribution >= 4 is 11.6 Å². The Kier molecular flexibility index (Phi) is 5.24. The summed E-state index contributed by atoms with van der Waals surface area (Å²) in [5.74, 6) is 0.812. The third kappa shape index (κ3) is 4.42. The number of piperidine rings is 1. The fraction of sp³-hybridized carbons (Fsp3) is 0.533. The van der Waals surface area contributed by atoms with Crippen LogP contribution in [-0.2, 0) is 4.79 Å². The van der Waals surface area contributed by atoms with E-state index in [1.54, 1.807) is 6.92 Å². The molecule has 1 amide bonds. The van der Waals surface area contributed by atoms with E-state index >= 15 is 0 Å². The molecule has 110 valence electrons. The molecule has 3 N–H and O–H groups in total. The highest BCUT2D eigenvalue weighted by Crippen LogP contribution is 2.19. The fourth-order valence-corrected chi connectivity index (χ4v) is 2.49. The number of amides is 1. The molecule has 1 aliphatic rings. The van der Waals surface area contributed by atoms with Crippen LogP contribution in [0.25, 0.3) is 0 Å². The predicted octanol–water partition coefficient (Wildman–Crippen LogP) is 1.25. The number of nitrogens with zero attached hydrogens (tertiary/aromatic N) is 1. The van der Waals surface area contributed by atoms with Gasteiger partial charge in [-0.25, -0.2) is 0 Å². The maximum absolute atomic E-state index is 11.0. The molecule has 1 aromatic carbocycles. The number of rotatable bonds is 5. The van der Waals surface area contributed by atoms with Crippen LogP contribution in [0.4, 0.5) is 5.69 Å². The van der Waals surface area contributed by atoms with Crippen molar-refractivity contribution in [2.24, 2.45) is 0 Å². The van der Waals surface area contributed by atoms with E-state index in [9.17, 15) is 4.79 Å². The molecule has 0 unspecified atom stereocenters. The van der Waals surface area contributed by atoms with Crippen molar-refractivity contribution in [1.29, 1.82) is 0 Å². The lowest BCUT2D eigenvalue weighted by Crippen LogP contribution is -2.45. The van der Waals surface area contributed by atoms with E-state index in [1.165, 1.54) is 0 Å². The summed E-state index contributed by atoms with van der Waals surface area (Å²) in [5.41, 5.74) is 6.50. The Bertz CT molecular complexity index is 442. The second kappa shape index (κ2) is 7.14. The van der Waals surface area contributed by atoms with E-state index in [-0.39, 0.29) is 5.91 Å². The predicted molar refractivity (Wildman–Crippen MR) is 79.6 cm³/mol. The molecule has 5 nitrogen and oxygen atoms in total. The minimum Gasteiger partial charge on any atom is -0.490 e. The van der Waals surface area contributed by atoms with Gasteiger partial charge in [-0.05, 0) is 25.0 Å². The number of nitrogens with two attached hydrogens (primary N) is 1. The average molecular weight is 277 g/mol. The zero-order valence-corrected chi connectivity index (χ0v) is 12.0. The first-order valence-electron chi connectivity index (χ1n) is 7.12. The lowest BCUT2D eigenvalue weighted by molar-refractivity contribution is -0.119. The summed E-state index contributed by atoms with van der Waals surface area (Å²) in [6, 6.07) is 7.88. The van der Waals surface area contributed by atoms with Crippen molar-refractivity contribution in [3.8, 4) is 5.75 Å². The number of nitrogen functional groups attached to an aromatic ring is 1. The first-order chi connectivity index (χ1) is 9.65. The van der Waals surface area contributed by atoms with Gasteiger partial charge in [-0.15, -0.1) is 0 Å². The maximum Gasteiger partial charge on any atom is 0.217 e. The third-order valence-electron chi connectivity index (χ3n) is 3.58. The number of ether oxygens (including phenoxy) is 1. The van der Waals surface area contributed by atoms with Crippen LogP contribution < -0.4 is 15.8 Å². The molecule has 1 aromatic rings. The number of para-hydroxylation sites is 2. The average Bonchev–Trinajstić information content (AvgIpc) is 2.42. The van der Waals surface area contributed by atoms with Gasteiger partial charge in [0.25, 0.3) is 0 Å². The topological polar surface area (TPSA) is 67.6 Å². The molecule has 1 saturated heterocycles. The second-order valence-corrected chi connectivity index (χ2v) is 5.20. The van der Waals surface area contributed by atoms with Crippen LogP contribution in [-0.4, -0.2) is 43.1 Å². The van der Waals surface area contributed by atoms with Gasteiger partial charge in [-0.1, -0.05) is 12.1 Å². The molecule has 0 aromatic heterocycles. The summed E-state index contributed by atoms with van der Waals surface area (Å²) in [5, 5.41) is 2.98. The summed E-state index contributed by atoms with van der Waals surface area (Å²) in [6.45, 7) is 5.10. The van der Waals surface area contributed by atoms with Crippen molar-refractivity contribution in [2.75, 3.05) is 32.0 Å². The molecule has 1 heterocycles. The van der Waals surface area contributed by atoms with E-state index in [1.807, 2.05) is 24.3 Å². The molecule has 0 atom stereocenters. The molecule has 20 heavy (non-hydrogen) atoms. The molecule has 0 radical (unpaired) electrons. The van der Waals surface area contributed by atoms with Crippen molar-refractivity contribution in [2.45, 2.75) is 25.8 Å². The Labute approximate surface area is 120 Å². The van der Waals surface area contributed by atoms with Crippen molar-refractivity contribution in [3.05, 3.63) is 24.3 Å². The third-order valence-corrected chi connectivity index (χ3v) is 3.58. The van der Waals surface area contributed by atoms with Crippen molar-refractivity contribution < 1.29 is 9.53 Å². The van der Waals surface area contributed by atoms with Gasteiger partial charge in [-0.3, -0.25) is 9.69 Å². The summed E-state index contributed by atoms with van der Waals surface area (Å²) in [6.07, 6.45) is 2.01. The maximum atomic E-state index is 11.0. The van der Waals surface area contributed by atoms with Crippen molar-refractivity contribution in [3.63, 3.8) is 0 Å². The van der Waals surface area contributed by atoms with E-state index < -0.39 is 0 Å². The summed E-state index contributed by atoms with van der Waals surface area (Å²) in [4.78, 5) is 13.4. The van der Waals surface area contributed by atoms with Crippen molar-refractivity contribution in [1.82, 2.24) is 10.2 Å². The van der Waals surface area contributed by atoms with Crippen LogP contribution in [0, 0.1) is 0 Å². The molecule has 0 aliphatic carbocycles. The monoisotopic (exact) mass is 277 g/mol. The Morgan fingerprint density at radius 1 is 1.40 bits per heavy atom. The largest absolute Gasteiger partial charge is 0.490 e. The van der Waals surface area contributed by atoms with Crippen LogP contribution in [0.15, 0.2) is 24.3 Å². The van der Waals surface area contributed by atoms with Crippen LogP contribution >= 0.6 is 0 Å². The number of hydrogen-bond acceptors (Lipinski definition) is 4. The Morgan fingerprint density at radius 3 is 2.75 bits per heavy atom. The SMILES string of the molecule is CC(=O)NC1CCN(CCOc2ccccc2N)CC1. The summed E-state index contributed by atoms with van der Waals surface area (Å²) in [7, 11) is 0. The van der Waals surface area contributed by atoms with Crippen LogP contribution in [0.2, 0.25) is 0 Å². The number of carbonyl (C=O) groups excluding carboxylic acids is 1. The van der Waals surface area contributed by atoms with Gasteiger partial charge in [0, 0.05) is 32.6 Å². The number of carbonyl (C=O) groups is 1. The van der Waals surface area contributed by atoms with E-state index in [2.05, 4.69) is 10.2 Å². The minimum atomic E-state index is 0.0614. The van der Waals surface area contributed by atoms with Crippen LogP contribution in [0.1, 0.15) is 19.8 Å². The van der Waals surface area contributed by atoms with Gasteiger partial charge >= 0.3 is 0 Å². The second-order valence-electron chi connectivity index (χ2n) is 5.20. The lowest BCUT2D eigenvalue weighted by Gasteiger charge is -2.32. The number of anilines is 1. The normalized spacial score (nSPS) is 16.9. The van der Waals surface area contributed by atoms with Crippen LogP contribution in [0.5, 0.6) is 5.75 Å². The smallest absolute Gasteiger partial charge is 0.217 e. The zero-order chi connectivity index (χ0) is 14.4.